The number of rotatable bonds is 31. The number of aliphatic hydroxyl groups excluding tert-OH is 2. The summed E-state index contributed by atoms with van der Waals surface area (Å²) in [6.07, 6.45) is 11.2. The molecule has 0 spiro atoms. The molecule has 17 rings (SSSR count). The van der Waals surface area contributed by atoms with Crippen molar-refractivity contribution in [3.63, 3.8) is 0 Å². The zero-order valence-electron chi connectivity index (χ0n) is 77.8. The number of hydrogen-bond acceptors (Lipinski definition) is 16. The van der Waals surface area contributed by atoms with E-state index in [9.17, 15) is 38.1 Å². The highest BCUT2D eigenvalue weighted by molar-refractivity contribution is 6.33. The lowest BCUT2D eigenvalue weighted by molar-refractivity contribution is -0.0146. The molecule has 21 nitrogen and oxygen atoms in total. The maximum absolute atomic E-state index is 13.4. The summed E-state index contributed by atoms with van der Waals surface area (Å²) in [5.41, 5.74) is 17.2. The average Bonchev–Trinajstić information content (AvgIpc) is 1.09. The molecule has 26 heteroatoms. The number of carbonyl (C=O) groups excluding carboxylic acids is 2. The molecule has 10 aromatic carbocycles. The first-order valence-electron chi connectivity index (χ1n) is 47.1. The first-order chi connectivity index (χ1) is 64.9. The minimum absolute atomic E-state index is 0.0559. The van der Waals surface area contributed by atoms with Gasteiger partial charge >= 0.3 is 6.03 Å². The number of likely N-dealkylation sites (tertiary alicyclic amines) is 4. The lowest BCUT2D eigenvalue weighted by Crippen LogP contribution is -2.55. The van der Waals surface area contributed by atoms with Gasteiger partial charge in [-0.25, -0.2) is 22.9 Å². The largest absolute Gasteiger partial charge is 0.497 e. The number of nitrogens with one attached hydrogen (secondary N) is 3. The number of nitrogens with zero attached hydrogens (tertiary/aromatic N) is 8. The van der Waals surface area contributed by atoms with Gasteiger partial charge in [0.05, 0.1) is 84.5 Å². The molecule has 0 saturated carbocycles. The summed E-state index contributed by atoms with van der Waals surface area (Å²) in [7, 11) is 4.77. The van der Waals surface area contributed by atoms with Crippen LogP contribution in [0.1, 0.15) is 159 Å². The Labute approximate surface area is 796 Å². The van der Waals surface area contributed by atoms with E-state index in [1.54, 1.807) is 32.4 Å². The fraction of sp³-hybridized carbons (Fsp3) is 0.398. The molecular weight excluding hydrogens is 1740 g/mol. The van der Waals surface area contributed by atoms with E-state index in [1.807, 2.05) is 126 Å². The average molecular weight is 1870 g/mol. The van der Waals surface area contributed by atoms with Crippen LogP contribution in [0.25, 0.3) is 27.6 Å². The van der Waals surface area contributed by atoms with Gasteiger partial charge in [-0.1, -0.05) is 165 Å². The highest BCUT2D eigenvalue weighted by Gasteiger charge is 2.42. The minimum atomic E-state index is -0.968. The van der Waals surface area contributed by atoms with Gasteiger partial charge in [-0.3, -0.25) is 4.79 Å². The Morgan fingerprint density at radius 2 is 1.16 bits per heavy atom. The van der Waals surface area contributed by atoms with Gasteiger partial charge in [0, 0.05) is 107 Å². The van der Waals surface area contributed by atoms with Gasteiger partial charge in [0.25, 0.3) is 5.91 Å². The number of carbonyl (C=O) groups is 2. The van der Waals surface area contributed by atoms with E-state index in [-0.39, 0.29) is 52.9 Å². The number of nitrogen functional groups attached to an aromatic ring is 1. The predicted octanol–water partition coefficient (Wildman–Crippen LogP) is 19.7. The Morgan fingerprint density at radius 3 is 1.78 bits per heavy atom. The van der Waals surface area contributed by atoms with Gasteiger partial charge in [-0.15, -0.1) is 0 Å². The molecule has 134 heavy (non-hydrogen) atoms. The summed E-state index contributed by atoms with van der Waals surface area (Å²) in [6.45, 7) is 21.2. The summed E-state index contributed by atoms with van der Waals surface area (Å²) >= 11 is 12.4. The number of nitrogens with two attached hydrogens (primary N) is 1. The Kier molecular flexibility index (Phi) is 35.1. The number of amides is 3. The van der Waals surface area contributed by atoms with Gasteiger partial charge in [0.2, 0.25) is 5.95 Å². The van der Waals surface area contributed by atoms with E-state index >= 15 is 0 Å². The summed E-state index contributed by atoms with van der Waals surface area (Å²) < 4.78 is 65.9. The Bertz CT molecular complexity index is 5660. The van der Waals surface area contributed by atoms with Gasteiger partial charge in [0.15, 0.2) is 0 Å². The van der Waals surface area contributed by atoms with Crippen molar-refractivity contribution in [2.45, 2.75) is 145 Å². The van der Waals surface area contributed by atoms with Crippen molar-refractivity contribution in [1.82, 2.24) is 49.3 Å². The molecule has 4 unspecified atom stereocenters. The highest BCUT2D eigenvalue weighted by atomic mass is 35.5. The SMILES string of the molecule is CC(C)(C)c1ccc(C(O)CCCN2CCC(C(O)(c3ccccc3)c3ccccc3)CC2)cc1.COc1cc(N)c(Cl)cc1C(=O)NC1CCN(CCCOc2ccc(F)cc2)CC1OC.COc1ccc(C(O)CCN2CCC(Nc3nc4ccccc4n3Cc3ccc(F)cc3)CC2)cc1.O=C1NCCN1CCN1CCC(c2cn(-c3ccc(F)cc3)c3ccc(Cl)cc23)CC1. The van der Waals surface area contributed by atoms with E-state index < -0.39 is 17.8 Å². The number of benzene rings is 10. The third-order valence-electron chi connectivity index (χ3n) is 26.9. The maximum atomic E-state index is 13.4. The number of aliphatic hydroxyl groups is 3. The third kappa shape index (κ3) is 26.4. The number of urea groups is 1. The van der Waals surface area contributed by atoms with E-state index in [0.717, 1.165) is 223 Å². The van der Waals surface area contributed by atoms with Gasteiger partial charge in [-0.2, -0.15) is 0 Å². The van der Waals surface area contributed by atoms with Crippen LogP contribution in [-0.4, -0.2) is 210 Å². The molecule has 0 aliphatic carbocycles. The maximum Gasteiger partial charge on any atom is 0.317 e. The molecule has 8 N–H and O–H groups in total. The molecule has 5 aliphatic heterocycles. The van der Waals surface area contributed by atoms with Gasteiger partial charge in [-0.05, 0) is 269 Å². The number of anilines is 2. The molecule has 5 saturated heterocycles. The first kappa shape index (κ1) is 99.0. The van der Waals surface area contributed by atoms with Crippen LogP contribution in [0.2, 0.25) is 10.0 Å². The minimum Gasteiger partial charge on any atom is -0.497 e. The second-order valence-electron chi connectivity index (χ2n) is 36.7. The number of halogens is 5. The van der Waals surface area contributed by atoms with Crippen LogP contribution >= 0.6 is 23.2 Å². The normalized spacial score (nSPS) is 17.3. The summed E-state index contributed by atoms with van der Waals surface area (Å²) in [5, 5.41) is 45.1. The number of methoxy groups -OCH3 is 3. The van der Waals surface area contributed by atoms with Gasteiger partial charge in [0.1, 0.15) is 40.3 Å². The van der Waals surface area contributed by atoms with Crippen molar-refractivity contribution in [3.05, 3.63) is 315 Å². The number of fused-ring (bicyclic) bond motifs is 2. The molecule has 5 aliphatic rings. The predicted molar refractivity (Wildman–Crippen MR) is 529 cm³/mol. The smallest absolute Gasteiger partial charge is 0.317 e. The molecule has 3 amide bonds. The number of piperidine rings is 4. The van der Waals surface area contributed by atoms with Crippen molar-refractivity contribution in [2.24, 2.45) is 5.92 Å². The molecule has 5 fully saturated rings. The number of para-hydroxylation sites is 2. The Hall–Kier alpha value is -11.0. The quantitative estimate of drug-likeness (QED) is 0.0158. The Balaban J connectivity index is 0.000000144. The van der Waals surface area contributed by atoms with Gasteiger partial charge < -0.3 is 89.6 Å². The van der Waals surface area contributed by atoms with Crippen LogP contribution in [0.3, 0.4) is 0 Å². The lowest BCUT2D eigenvalue weighted by Gasteiger charge is -2.42. The van der Waals surface area contributed by atoms with Crippen molar-refractivity contribution in [1.29, 1.82) is 0 Å². The van der Waals surface area contributed by atoms with E-state index in [0.29, 0.717) is 65.8 Å². The monoisotopic (exact) mass is 1860 g/mol. The standard InChI is InChI=1S/C32H41NO2.C29H33FN4O2.C24H26ClFN4O.C23H29ClFN3O4/c1-31(2,3)26-18-16-25(17-19-26)30(34)15-10-22-33-23-20-29(21-24-33)32(35,27-11-6-4-7-12-27)28-13-8-5-9-14-28;1-36-25-12-8-22(9-13-25)28(35)16-19-33-17-14-24(15-18-33)31-29-32-26-4-2-3-5-27(26)34(29)20-21-6-10-23(30)11-7-21;25-18-1-6-23-21(15-18)22(16-30(23)20-4-2-19(26)3-5-20)17-7-10-28(11-8-17)13-14-29-12-9-27-24(29)31;1-30-21-13-19(26)18(24)12-17(21)23(29)27-20-8-10-28(14-22(20)31-2)9-3-11-32-16-6-4-15(25)5-7-16/h4-9,11-14,16-19,29-30,34-35H,10,15,20-24H2,1-3H3;2-13,24,28,35H,14-20H2,1H3,(H,31,32);1-6,15-17H,7-14H2,(H,27,31);4-7,12-13,20,22H,3,8-11,14,26H2,1-2H3,(H,27,29). The summed E-state index contributed by atoms with van der Waals surface area (Å²) in [5.74, 6) is 2.29. The van der Waals surface area contributed by atoms with Crippen molar-refractivity contribution in [2.75, 3.05) is 137 Å². The second-order valence-corrected chi connectivity index (χ2v) is 37.6. The third-order valence-corrected chi connectivity index (χ3v) is 27.4. The van der Waals surface area contributed by atoms with Crippen molar-refractivity contribution in [3.8, 4) is 22.9 Å². The summed E-state index contributed by atoms with van der Waals surface area (Å²) in [4.78, 5) is 41.0. The first-order valence-corrected chi connectivity index (χ1v) is 47.9. The second kappa shape index (κ2) is 47.5. The van der Waals surface area contributed by atoms with E-state index in [1.165, 1.54) is 66.1 Å². The fourth-order valence-electron chi connectivity index (χ4n) is 19.0. The Morgan fingerprint density at radius 1 is 0.582 bits per heavy atom. The highest BCUT2D eigenvalue weighted by Crippen LogP contribution is 2.43. The topological polar surface area (TPSA) is 233 Å². The number of aromatic nitrogens is 3. The van der Waals surface area contributed by atoms with Crippen LogP contribution < -0.4 is 35.9 Å². The molecule has 7 heterocycles. The van der Waals surface area contributed by atoms with Crippen LogP contribution in [0.15, 0.2) is 243 Å². The zero-order chi connectivity index (χ0) is 94.3. The van der Waals surface area contributed by atoms with E-state index in [4.69, 9.17) is 52.9 Å². The fourth-order valence-corrected chi connectivity index (χ4v) is 19.3. The molecule has 710 valence electrons. The van der Waals surface area contributed by atoms with Crippen LogP contribution in [-0.2, 0) is 22.3 Å². The van der Waals surface area contributed by atoms with Crippen molar-refractivity contribution < 1.29 is 57.0 Å². The molecular formula is C108H129Cl2F3N12O9. The van der Waals surface area contributed by atoms with Crippen molar-refractivity contribution >= 4 is 68.7 Å². The van der Waals surface area contributed by atoms with Crippen LogP contribution in [0, 0.1) is 23.4 Å². The van der Waals surface area contributed by atoms with Crippen LogP contribution in [0.4, 0.5) is 29.6 Å². The molecule has 0 bridgehead atoms. The lowest BCUT2D eigenvalue weighted by atomic mass is 9.72. The number of ether oxygens (including phenoxy) is 4. The number of hydrogen-bond donors (Lipinski definition) is 7. The van der Waals surface area contributed by atoms with Crippen LogP contribution in [0.5, 0.6) is 17.2 Å². The molecule has 4 atom stereocenters. The molecule has 12 aromatic rings. The summed E-state index contributed by atoms with van der Waals surface area (Å²) in [6, 6.07) is 73.0. The molecule has 0 radical (unpaired) electrons. The van der Waals surface area contributed by atoms with E-state index in [2.05, 4.69) is 126 Å². The number of imidazole rings is 1. The zero-order valence-corrected chi connectivity index (χ0v) is 79.3. The molecule has 2 aromatic heterocycles.